The second kappa shape index (κ2) is 20.5. The molecule has 8 heteroatoms. The Balaban J connectivity index is 1.51. The van der Waals surface area contributed by atoms with Crippen LogP contribution in [-0.2, 0) is 19.6 Å². The monoisotopic (exact) mass is 586 g/mol. The van der Waals surface area contributed by atoms with Crippen LogP contribution in [0.4, 0.5) is 0 Å². The van der Waals surface area contributed by atoms with Crippen molar-refractivity contribution in [2.24, 2.45) is 0 Å². The lowest BCUT2D eigenvalue weighted by Gasteiger charge is -2.25. The molecule has 232 valence electrons. The van der Waals surface area contributed by atoms with E-state index in [4.69, 9.17) is 0 Å². The van der Waals surface area contributed by atoms with Crippen LogP contribution in [0.3, 0.4) is 0 Å². The second-order valence-electron chi connectivity index (χ2n) is 11.8. The minimum atomic E-state index is -1.47. The molecule has 0 amide bonds. The minimum Gasteiger partial charge on any atom is -0.423 e. The largest absolute Gasteiger partial charge is 0.488 e. The molecule has 0 saturated carbocycles. The van der Waals surface area contributed by atoms with Gasteiger partial charge < -0.3 is 20.1 Å². The molecule has 3 aromatic carbocycles. The van der Waals surface area contributed by atoms with Crippen molar-refractivity contribution in [3.8, 4) is 0 Å². The molecule has 0 atom stereocenters. The van der Waals surface area contributed by atoms with Crippen molar-refractivity contribution >= 4 is 25.2 Å². The molecule has 0 aliphatic rings. The van der Waals surface area contributed by atoms with E-state index in [0.29, 0.717) is 17.5 Å². The van der Waals surface area contributed by atoms with Gasteiger partial charge in [0.05, 0.1) is 0 Å². The third-order valence-electron chi connectivity index (χ3n) is 8.23. The predicted octanol–water partition coefficient (Wildman–Crippen LogP) is 4.47. The van der Waals surface area contributed by atoms with Crippen molar-refractivity contribution in [1.29, 1.82) is 0 Å². The molecule has 0 aliphatic carbocycles. The summed E-state index contributed by atoms with van der Waals surface area (Å²) in [6.45, 7) is 7.45. The summed E-state index contributed by atoms with van der Waals surface area (Å²) in [4.78, 5) is 4.89. The first kappa shape index (κ1) is 35.0. The maximum atomic E-state index is 9.87. The van der Waals surface area contributed by atoms with Gasteiger partial charge in [0.25, 0.3) is 0 Å². The Morgan fingerprint density at radius 3 is 1.40 bits per heavy atom. The Labute approximate surface area is 260 Å². The van der Waals surface area contributed by atoms with Gasteiger partial charge in [0.2, 0.25) is 0 Å². The van der Waals surface area contributed by atoms with Crippen molar-refractivity contribution < 1.29 is 20.1 Å². The van der Waals surface area contributed by atoms with Crippen molar-refractivity contribution in [3.05, 3.63) is 95.6 Å². The van der Waals surface area contributed by atoms with Gasteiger partial charge in [-0.15, -0.1) is 0 Å². The summed E-state index contributed by atoms with van der Waals surface area (Å²) in [6, 6.07) is 25.7. The van der Waals surface area contributed by atoms with Crippen LogP contribution in [0, 0.1) is 0 Å². The molecule has 0 fully saturated rings. The maximum absolute atomic E-state index is 9.87. The number of hydrogen-bond donors (Lipinski definition) is 4. The van der Waals surface area contributed by atoms with Gasteiger partial charge in [0.1, 0.15) is 0 Å². The molecule has 0 heterocycles. The lowest BCUT2D eigenvalue weighted by atomic mass is 9.77. The molecular formula is C35H52B2N2O4. The highest BCUT2D eigenvalue weighted by Gasteiger charge is 2.18. The van der Waals surface area contributed by atoms with E-state index in [0.717, 1.165) is 69.5 Å². The molecule has 0 aliphatic heterocycles. The van der Waals surface area contributed by atoms with Gasteiger partial charge in [0.15, 0.2) is 0 Å². The van der Waals surface area contributed by atoms with E-state index < -0.39 is 14.2 Å². The zero-order valence-electron chi connectivity index (χ0n) is 26.2. The van der Waals surface area contributed by atoms with Crippen LogP contribution in [0.25, 0.3) is 0 Å². The number of benzene rings is 3. The average Bonchev–Trinajstić information content (AvgIpc) is 3.01. The molecule has 0 aromatic heterocycles. The van der Waals surface area contributed by atoms with Crippen LogP contribution in [0.1, 0.15) is 87.8 Å². The summed E-state index contributed by atoms with van der Waals surface area (Å²) in [5.74, 6) is 0. The molecule has 3 rings (SSSR count). The van der Waals surface area contributed by atoms with E-state index >= 15 is 0 Å². The Bertz CT molecular complexity index is 1150. The van der Waals surface area contributed by atoms with E-state index in [9.17, 15) is 20.1 Å². The fourth-order valence-corrected chi connectivity index (χ4v) is 5.81. The zero-order valence-corrected chi connectivity index (χ0v) is 26.2. The van der Waals surface area contributed by atoms with Crippen molar-refractivity contribution in [2.45, 2.75) is 90.8 Å². The van der Waals surface area contributed by atoms with E-state index in [1.807, 2.05) is 48.5 Å². The first-order valence-corrected chi connectivity index (χ1v) is 16.3. The standard InChI is InChI=1S/C35H52B2N2O4/c1-2-3-4-5-6-16-25-38(29-32-21-12-14-23-34(32)36(40)41)26-17-7-8-18-27-39(28-31-19-10-9-11-20-31)30-33-22-13-15-24-35(33)37(42)43/h9-15,19-24,40-43H,2-8,16-18,25-30H2,1H3. The molecule has 6 nitrogen and oxygen atoms in total. The molecule has 0 bridgehead atoms. The van der Waals surface area contributed by atoms with Gasteiger partial charge in [-0.2, -0.15) is 0 Å². The SMILES string of the molecule is CCCCCCCCN(CCCCCCN(Cc1ccccc1)Cc1ccccc1B(O)O)Cc1ccccc1B(O)O. The number of unbranched alkanes of at least 4 members (excludes halogenated alkanes) is 8. The quantitative estimate of drug-likeness (QED) is 0.103. The predicted molar refractivity (Wildman–Crippen MR) is 180 cm³/mol. The lowest BCUT2D eigenvalue weighted by molar-refractivity contribution is 0.241. The highest BCUT2D eigenvalue weighted by molar-refractivity contribution is 6.59. The Hall–Kier alpha value is -2.45. The lowest BCUT2D eigenvalue weighted by Crippen LogP contribution is -2.36. The highest BCUT2D eigenvalue weighted by Crippen LogP contribution is 2.14. The zero-order chi connectivity index (χ0) is 30.7. The molecule has 4 N–H and O–H groups in total. The van der Waals surface area contributed by atoms with Gasteiger partial charge in [0, 0.05) is 19.6 Å². The summed E-state index contributed by atoms with van der Waals surface area (Å²) < 4.78 is 0. The van der Waals surface area contributed by atoms with Crippen LogP contribution in [0.2, 0.25) is 0 Å². The number of rotatable bonds is 22. The van der Waals surface area contributed by atoms with Crippen molar-refractivity contribution in [2.75, 3.05) is 19.6 Å². The molecule has 0 saturated heterocycles. The smallest absolute Gasteiger partial charge is 0.423 e. The Kier molecular flexibility index (Phi) is 16.7. The summed E-state index contributed by atoms with van der Waals surface area (Å²) in [5.41, 5.74) is 4.37. The van der Waals surface area contributed by atoms with Crippen molar-refractivity contribution in [3.63, 3.8) is 0 Å². The summed E-state index contributed by atoms with van der Waals surface area (Å²) >= 11 is 0. The summed E-state index contributed by atoms with van der Waals surface area (Å²) in [5, 5.41) is 39.5. The molecule has 0 spiro atoms. The normalized spacial score (nSPS) is 11.4. The minimum absolute atomic E-state index is 0.571. The second-order valence-corrected chi connectivity index (χ2v) is 11.8. The van der Waals surface area contributed by atoms with E-state index in [-0.39, 0.29) is 0 Å². The van der Waals surface area contributed by atoms with Crippen LogP contribution in [0.15, 0.2) is 78.9 Å². The highest BCUT2D eigenvalue weighted by atomic mass is 16.4. The van der Waals surface area contributed by atoms with Crippen LogP contribution in [0.5, 0.6) is 0 Å². The van der Waals surface area contributed by atoms with Crippen LogP contribution >= 0.6 is 0 Å². The fourth-order valence-electron chi connectivity index (χ4n) is 5.81. The first-order valence-electron chi connectivity index (χ1n) is 16.3. The van der Waals surface area contributed by atoms with E-state index in [1.54, 1.807) is 6.07 Å². The first-order chi connectivity index (χ1) is 21.0. The topological polar surface area (TPSA) is 87.4 Å². The van der Waals surface area contributed by atoms with Crippen molar-refractivity contribution in [1.82, 2.24) is 9.80 Å². The van der Waals surface area contributed by atoms with Crippen LogP contribution in [-0.4, -0.2) is 63.8 Å². The third kappa shape index (κ3) is 13.4. The van der Waals surface area contributed by atoms with E-state index in [1.165, 1.54) is 44.1 Å². The van der Waals surface area contributed by atoms with Gasteiger partial charge in [-0.05, 0) is 66.5 Å². The summed E-state index contributed by atoms with van der Waals surface area (Å²) in [6.07, 6.45) is 12.0. The molecule has 3 aromatic rings. The molecule has 0 unspecified atom stereocenters. The number of nitrogens with zero attached hydrogens (tertiary/aromatic N) is 2. The average molecular weight is 586 g/mol. The van der Waals surface area contributed by atoms with Gasteiger partial charge in [-0.25, -0.2) is 0 Å². The third-order valence-corrected chi connectivity index (χ3v) is 8.23. The van der Waals surface area contributed by atoms with Gasteiger partial charge >= 0.3 is 14.2 Å². The van der Waals surface area contributed by atoms with Crippen LogP contribution < -0.4 is 10.9 Å². The van der Waals surface area contributed by atoms with Gasteiger partial charge in [-0.3, -0.25) is 9.80 Å². The molecular weight excluding hydrogens is 534 g/mol. The number of hydrogen-bond acceptors (Lipinski definition) is 6. The fraction of sp³-hybridized carbons (Fsp3) is 0.486. The van der Waals surface area contributed by atoms with E-state index in [2.05, 4.69) is 41.0 Å². The maximum Gasteiger partial charge on any atom is 0.488 e. The molecule has 43 heavy (non-hydrogen) atoms. The Morgan fingerprint density at radius 2 is 0.884 bits per heavy atom. The summed E-state index contributed by atoms with van der Waals surface area (Å²) in [7, 11) is -2.92. The van der Waals surface area contributed by atoms with Gasteiger partial charge in [-0.1, -0.05) is 131 Å². The Morgan fingerprint density at radius 1 is 0.465 bits per heavy atom. The molecule has 0 radical (unpaired) electrons.